The van der Waals surface area contributed by atoms with Gasteiger partial charge in [0, 0.05) is 11.5 Å². The predicted molar refractivity (Wildman–Crippen MR) is 128 cm³/mol. The zero-order valence-corrected chi connectivity index (χ0v) is 21.0. The van der Waals surface area contributed by atoms with Crippen LogP contribution in [0.15, 0.2) is 42.5 Å². The summed E-state index contributed by atoms with van der Waals surface area (Å²) in [5, 5.41) is 45.5. The predicted octanol–water partition coefficient (Wildman–Crippen LogP) is -3.26. The highest BCUT2D eigenvalue weighted by atomic mass is 16.5. The number of hydrogen-bond donors (Lipinski definition) is 0. The van der Waals surface area contributed by atoms with E-state index in [1.807, 2.05) is 0 Å². The summed E-state index contributed by atoms with van der Waals surface area (Å²) in [7, 11) is 1.39. The largest absolute Gasteiger partial charge is 0.548 e. The van der Waals surface area contributed by atoms with E-state index in [2.05, 4.69) is 4.98 Å². The number of carbonyl (C=O) groups is 4. The monoisotopic (exact) mass is 537 g/mol. The van der Waals surface area contributed by atoms with E-state index in [0.29, 0.717) is 16.8 Å². The fraction of sp³-hybridized carbons (Fsp3) is 0.269. The molecule has 0 N–H and O–H groups in total. The fourth-order valence-electron chi connectivity index (χ4n) is 3.90. The van der Waals surface area contributed by atoms with E-state index in [1.165, 1.54) is 19.2 Å². The molecule has 0 radical (unpaired) electrons. The number of carboxylic acids is 4. The van der Waals surface area contributed by atoms with Gasteiger partial charge in [-0.1, -0.05) is 12.1 Å². The Morgan fingerprint density at radius 3 is 1.87 bits per heavy atom. The Hall–Kier alpha value is -5.07. The number of anilines is 2. The maximum absolute atomic E-state index is 11.3. The number of rotatable bonds is 14. The van der Waals surface area contributed by atoms with Crippen LogP contribution in [0.2, 0.25) is 0 Å². The SMILES string of the molecule is COc1cc(N(CC(=O)[O-])CC(=O)[O-])c2nc(COc3cc(C)ccc3N(CC(=O)[O-])CC(=O)[O-])ccc2c1. The number of pyridine rings is 1. The van der Waals surface area contributed by atoms with Crippen molar-refractivity contribution in [3.8, 4) is 11.5 Å². The molecule has 0 fully saturated rings. The first-order valence-electron chi connectivity index (χ1n) is 11.5. The summed E-state index contributed by atoms with van der Waals surface area (Å²) < 4.78 is 11.2. The molecule has 0 saturated carbocycles. The fourth-order valence-corrected chi connectivity index (χ4v) is 3.90. The highest BCUT2D eigenvalue weighted by Gasteiger charge is 2.17. The van der Waals surface area contributed by atoms with Gasteiger partial charge in [0.05, 0.1) is 79.8 Å². The van der Waals surface area contributed by atoms with Gasteiger partial charge in [0.2, 0.25) is 0 Å². The number of benzene rings is 2. The molecule has 0 bridgehead atoms. The first kappa shape index (κ1) is 28.5. The normalized spacial score (nSPS) is 10.6. The molecule has 0 spiro atoms. The van der Waals surface area contributed by atoms with Gasteiger partial charge in [-0.05, 0) is 36.8 Å². The Bertz CT molecular complexity index is 1380. The van der Waals surface area contributed by atoms with Crippen LogP contribution in [0.1, 0.15) is 11.3 Å². The van der Waals surface area contributed by atoms with Crippen LogP contribution in [0.25, 0.3) is 10.9 Å². The van der Waals surface area contributed by atoms with Crippen molar-refractivity contribution >= 4 is 46.2 Å². The first-order valence-corrected chi connectivity index (χ1v) is 11.5. The molecule has 0 aliphatic heterocycles. The van der Waals surface area contributed by atoms with Crippen molar-refractivity contribution < 1.29 is 49.1 Å². The van der Waals surface area contributed by atoms with Crippen LogP contribution < -0.4 is 39.7 Å². The summed E-state index contributed by atoms with van der Waals surface area (Å²) in [5.74, 6) is -5.54. The van der Waals surface area contributed by atoms with Gasteiger partial charge in [0.15, 0.2) is 0 Å². The lowest BCUT2D eigenvalue weighted by atomic mass is 10.1. The summed E-state index contributed by atoms with van der Waals surface area (Å²) in [4.78, 5) is 51.6. The van der Waals surface area contributed by atoms with Gasteiger partial charge in [0.1, 0.15) is 18.1 Å². The maximum Gasteiger partial charge on any atom is 0.143 e. The maximum atomic E-state index is 11.3. The number of carboxylic acid groups (broad SMARTS) is 4. The average Bonchev–Trinajstić information content (AvgIpc) is 2.84. The van der Waals surface area contributed by atoms with Crippen LogP contribution in [0.3, 0.4) is 0 Å². The van der Waals surface area contributed by atoms with E-state index in [0.717, 1.165) is 15.4 Å². The quantitative estimate of drug-likeness (QED) is 0.199. The molecule has 0 amide bonds. The molecule has 2 aromatic carbocycles. The minimum Gasteiger partial charge on any atom is -0.548 e. The van der Waals surface area contributed by atoms with Crippen molar-refractivity contribution in [1.29, 1.82) is 0 Å². The van der Waals surface area contributed by atoms with Gasteiger partial charge in [-0.3, -0.25) is 0 Å². The molecule has 0 aliphatic rings. The Morgan fingerprint density at radius 1 is 0.769 bits per heavy atom. The number of methoxy groups -OCH3 is 1. The Kier molecular flexibility index (Phi) is 9.10. The molecule has 13 heteroatoms. The zero-order valence-electron chi connectivity index (χ0n) is 21.0. The molecular formula is C26H23N3O10-4. The molecule has 206 valence electrons. The van der Waals surface area contributed by atoms with Crippen molar-refractivity contribution in [2.24, 2.45) is 0 Å². The lowest BCUT2D eigenvalue weighted by Gasteiger charge is -2.28. The number of hydrogen-bond acceptors (Lipinski definition) is 13. The summed E-state index contributed by atoms with van der Waals surface area (Å²) in [6.45, 7) is -1.35. The van der Waals surface area contributed by atoms with E-state index >= 15 is 0 Å². The van der Waals surface area contributed by atoms with E-state index in [9.17, 15) is 39.6 Å². The third-order valence-corrected chi connectivity index (χ3v) is 5.49. The average molecular weight is 537 g/mol. The molecule has 3 rings (SSSR count). The number of nitrogens with zero attached hydrogens (tertiary/aromatic N) is 3. The minimum atomic E-state index is -1.52. The van der Waals surface area contributed by atoms with Gasteiger partial charge in [-0.25, -0.2) is 4.98 Å². The molecule has 13 nitrogen and oxygen atoms in total. The summed E-state index contributed by atoms with van der Waals surface area (Å²) >= 11 is 0. The number of aromatic nitrogens is 1. The zero-order chi connectivity index (χ0) is 28.7. The number of aliphatic carboxylic acids is 4. The minimum absolute atomic E-state index is 0.143. The van der Waals surface area contributed by atoms with E-state index in [1.54, 1.807) is 37.3 Å². The van der Waals surface area contributed by atoms with Crippen molar-refractivity contribution in [2.45, 2.75) is 13.5 Å². The lowest BCUT2D eigenvalue weighted by molar-refractivity contribution is -0.307. The second-order valence-corrected chi connectivity index (χ2v) is 8.48. The van der Waals surface area contributed by atoms with Crippen LogP contribution in [0.4, 0.5) is 11.4 Å². The topological polar surface area (TPSA) is 198 Å². The molecule has 3 aromatic rings. The van der Waals surface area contributed by atoms with E-state index in [4.69, 9.17) is 9.47 Å². The smallest absolute Gasteiger partial charge is 0.143 e. The lowest BCUT2D eigenvalue weighted by Crippen LogP contribution is -2.44. The van der Waals surface area contributed by atoms with Crippen molar-refractivity contribution in [1.82, 2.24) is 4.98 Å². The number of fused-ring (bicyclic) bond motifs is 1. The standard InChI is InChI=1S/C26H27N3O10/c1-15-3-6-19(28(10-22(30)31)11-23(32)33)21(7-15)39-14-17-5-4-16-8-18(38-2)9-20(26(16)27-17)29(12-24(34)35)13-25(36)37/h3-9H,10-14H2,1-2H3,(H,30,31)(H,32,33)(H,34,35)(H,36,37)/p-4. The van der Waals surface area contributed by atoms with Gasteiger partial charge in [0.25, 0.3) is 0 Å². The Morgan fingerprint density at radius 2 is 1.33 bits per heavy atom. The van der Waals surface area contributed by atoms with Crippen molar-refractivity contribution in [3.05, 3.63) is 53.7 Å². The van der Waals surface area contributed by atoms with E-state index in [-0.39, 0.29) is 29.2 Å². The second-order valence-electron chi connectivity index (χ2n) is 8.48. The molecule has 1 heterocycles. The number of ether oxygens (including phenoxy) is 2. The van der Waals surface area contributed by atoms with Gasteiger partial charge in [-0.15, -0.1) is 0 Å². The van der Waals surface area contributed by atoms with Crippen LogP contribution in [-0.2, 0) is 25.8 Å². The van der Waals surface area contributed by atoms with Gasteiger partial charge < -0.3 is 58.9 Å². The first-order chi connectivity index (χ1) is 18.5. The molecule has 0 atom stereocenters. The molecule has 0 saturated heterocycles. The summed E-state index contributed by atoms with van der Waals surface area (Å²) in [6, 6.07) is 11.1. The van der Waals surface area contributed by atoms with Crippen molar-refractivity contribution in [2.75, 3.05) is 43.1 Å². The number of aryl methyl sites for hydroxylation is 1. The Labute approximate surface area is 222 Å². The van der Waals surface area contributed by atoms with Gasteiger partial charge >= 0.3 is 0 Å². The van der Waals surface area contributed by atoms with Crippen LogP contribution in [0, 0.1) is 6.92 Å². The van der Waals surface area contributed by atoms with E-state index < -0.39 is 50.1 Å². The number of carbonyl (C=O) groups excluding carboxylic acids is 4. The highest BCUT2D eigenvalue weighted by molar-refractivity contribution is 5.95. The molecule has 39 heavy (non-hydrogen) atoms. The van der Waals surface area contributed by atoms with Crippen LogP contribution in [-0.4, -0.2) is 62.2 Å². The summed E-state index contributed by atoms with van der Waals surface area (Å²) in [5.41, 5.74) is 1.66. The molecular weight excluding hydrogens is 514 g/mol. The summed E-state index contributed by atoms with van der Waals surface area (Å²) in [6.07, 6.45) is 0. The van der Waals surface area contributed by atoms with Crippen LogP contribution >= 0.6 is 0 Å². The molecule has 1 aromatic heterocycles. The Balaban J connectivity index is 2.01. The van der Waals surface area contributed by atoms with Crippen LogP contribution in [0.5, 0.6) is 11.5 Å². The highest BCUT2D eigenvalue weighted by Crippen LogP contribution is 2.33. The molecule has 0 aliphatic carbocycles. The second kappa shape index (κ2) is 12.4. The third-order valence-electron chi connectivity index (χ3n) is 5.49. The molecule has 0 unspecified atom stereocenters. The van der Waals surface area contributed by atoms with Gasteiger partial charge in [-0.2, -0.15) is 0 Å². The third kappa shape index (κ3) is 7.71. The van der Waals surface area contributed by atoms with Crippen molar-refractivity contribution in [3.63, 3.8) is 0 Å².